The summed E-state index contributed by atoms with van der Waals surface area (Å²) < 4.78 is 11.4. The maximum atomic E-state index is 15.0. The molecule has 0 spiro atoms. The maximum Gasteiger partial charge on any atom is 0.310 e. The lowest BCUT2D eigenvalue weighted by atomic mass is 9.32. The molecule has 7 heteroatoms. The van der Waals surface area contributed by atoms with Crippen molar-refractivity contribution < 1.29 is 23.9 Å². The van der Waals surface area contributed by atoms with Gasteiger partial charge in [-0.25, -0.2) is 0 Å². The predicted molar refractivity (Wildman–Crippen MR) is 196 cm³/mol. The van der Waals surface area contributed by atoms with E-state index in [0.29, 0.717) is 47.4 Å². The molecule has 7 aliphatic rings. The van der Waals surface area contributed by atoms with E-state index in [0.717, 1.165) is 58.4 Å². The zero-order chi connectivity index (χ0) is 36.1. The fourth-order valence-electron chi connectivity index (χ4n) is 14.8. The van der Waals surface area contributed by atoms with Crippen LogP contribution in [0.5, 0.6) is 0 Å². The topological polar surface area (TPSA) is 76.2 Å². The predicted octanol–water partition coefficient (Wildman–Crippen LogP) is 8.29. The van der Waals surface area contributed by atoms with Gasteiger partial charge in [0, 0.05) is 31.6 Å². The fraction of sp³-hybridized carbons (Fsp3) is 0.930. The number of rotatable bonds is 8. The summed E-state index contributed by atoms with van der Waals surface area (Å²) >= 11 is 0. The zero-order valence-electron chi connectivity index (χ0n) is 33.2. The Kier molecular flexibility index (Phi) is 8.96. The van der Waals surface area contributed by atoms with Gasteiger partial charge in [-0.05, 0) is 149 Å². The minimum Gasteiger partial charge on any atom is -0.462 e. The average molecular weight is 695 g/mol. The van der Waals surface area contributed by atoms with Crippen molar-refractivity contribution >= 4 is 18.3 Å². The van der Waals surface area contributed by atoms with Gasteiger partial charge in [-0.2, -0.15) is 0 Å². The number of nitrogens with zero attached hydrogens (tertiary/aromatic N) is 2. The molecule has 50 heavy (non-hydrogen) atoms. The third kappa shape index (κ3) is 5.37. The first kappa shape index (κ1) is 36.7. The molecule has 1 aliphatic heterocycles. The van der Waals surface area contributed by atoms with Gasteiger partial charge in [0.2, 0.25) is 5.91 Å². The lowest BCUT2D eigenvalue weighted by molar-refractivity contribution is -0.252. The molecule has 0 aromatic rings. The molecule has 7 nitrogen and oxygen atoms in total. The van der Waals surface area contributed by atoms with Crippen molar-refractivity contribution in [3.63, 3.8) is 0 Å². The van der Waals surface area contributed by atoms with Gasteiger partial charge < -0.3 is 19.3 Å². The van der Waals surface area contributed by atoms with E-state index in [1.165, 1.54) is 51.4 Å². The summed E-state index contributed by atoms with van der Waals surface area (Å²) in [5.74, 6) is 3.20. The summed E-state index contributed by atoms with van der Waals surface area (Å²) in [6.45, 7) is 26.4. The van der Waals surface area contributed by atoms with E-state index in [1.807, 2.05) is 0 Å². The standard InChI is InChI=1S/C43H70N2O5/c1-10-44-23-25-45(26-24-44)36(48)43-18-13-29(39(6)19-20-39)35(43)30-11-12-32-40(7)16-15-33(50-34(47)27-37(2,3)49-28-46)38(4,5)31(40)14-17-42(32,9)41(30,8)21-22-43/h28-33,35H,10-27H2,1-9H3/t29-,30-,31+,32-,33+,35-,40+,41-,42-,43+/m1/s1. The Labute approximate surface area is 303 Å². The molecule has 0 N–H and O–H groups in total. The lowest BCUT2D eigenvalue weighted by Crippen LogP contribution is -2.68. The molecule has 0 bridgehead atoms. The summed E-state index contributed by atoms with van der Waals surface area (Å²) in [6.07, 6.45) is 14.2. The molecule has 6 saturated carbocycles. The highest BCUT2D eigenvalue weighted by Crippen LogP contribution is 2.79. The molecule has 6 aliphatic carbocycles. The van der Waals surface area contributed by atoms with E-state index in [2.05, 4.69) is 58.3 Å². The summed E-state index contributed by atoms with van der Waals surface area (Å²) in [7, 11) is 0. The van der Waals surface area contributed by atoms with Crippen molar-refractivity contribution in [2.45, 2.75) is 157 Å². The van der Waals surface area contributed by atoms with Crippen molar-refractivity contribution in [2.24, 2.45) is 62.1 Å². The number of hydrogen-bond donors (Lipinski definition) is 0. The molecule has 0 radical (unpaired) electrons. The fourth-order valence-corrected chi connectivity index (χ4v) is 14.8. The summed E-state index contributed by atoms with van der Waals surface area (Å²) in [5, 5.41) is 0. The first-order chi connectivity index (χ1) is 23.4. The van der Waals surface area contributed by atoms with E-state index in [-0.39, 0.29) is 45.6 Å². The second-order valence-corrected chi connectivity index (χ2v) is 20.9. The van der Waals surface area contributed by atoms with Crippen molar-refractivity contribution in [1.82, 2.24) is 9.80 Å². The number of amides is 1. The van der Waals surface area contributed by atoms with E-state index >= 15 is 0 Å². The molecule has 7 rings (SSSR count). The van der Waals surface area contributed by atoms with Gasteiger partial charge in [0.05, 0.1) is 11.8 Å². The Balaban J connectivity index is 1.15. The third-order valence-electron chi connectivity index (χ3n) is 18.1. The number of fused-ring (bicyclic) bond motifs is 7. The Morgan fingerprint density at radius 2 is 1.46 bits per heavy atom. The number of piperazine rings is 1. The minimum atomic E-state index is -0.867. The van der Waals surface area contributed by atoms with E-state index in [1.54, 1.807) is 13.8 Å². The van der Waals surface area contributed by atoms with Crippen molar-refractivity contribution in [2.75, 3.05) is 32.7 Å². The molecular formula is C43H70N2O5. The third-order valence-corrected chi connectivity index (χ3v) is 18.1. The van der Waals surface area contributed by atoms with Gasteiger partial charge >= 0.3 is 5.97 Å². The molecule has 0 aromatic heterocycles. The highest BCUT2D eigenvalue weighted by molar-refractivity contribution is 5.84. The Morgan fingerprint density at radius 3 is 2.10 bits per heavy atom. The van der Waals surface area contributed by atoms with Crippen LogP contribution in [0.2, 0.25) is 0 Å². The molecule has 282 valence electrons. The molecule has 10 atom stereocenters. The number of ether oxygens (including phenoxy) is 2. The number of likely N-dealkylation sites (N-methyl/N-ethyl adjacent to an activating group) is 1. The van der Waals surface area contributed by atoms with Crippen LogP contribution < -0.4 is 0 Å². The molecule has 1 saturated heterocycles. The first-order valence-corrected chi connectivity index (χ1v) is 20.7. The van der Waals surface area contributed by atoms with Crippen LogP contribution in [0.4, 0.5) is 0 Å². The minimum absolute atomic E-state index is 0.0703. The Hall–Kier alpha value is -1.63. The van der Waals surface area contributed by atoms with E-state index in [4.69, 9.17) is 9.47 Å². The monoisotopic (exact) mass is 695 g/mol. The van der Waals surface area contributed by atoms with Gasteiger partial charge in [0.1, 0.15) is 11.7 Å². The van der Waals surface area contributed by atoms with E-state index in [9.17, 15) is 14.4 Å². The van der Waals surface area contributed by atoms with Crippen LogP contribution in [-0.2, 0) is 23.9 Å². The lowest BCUT2D eigenvalue weighted by Gasteiger charge is -2.73. The van der Waals surface area contributed by atoms with Crippen molar-refractivity contribution in [3.05, 3.63) is 0 Å². The molecule has 1 amide bonds. The van der Waals surface area contributed by atoms with Gasteiger partial charge in [0.25, 0.3) is 6.47 Å². The van der Waals surface area contributed by atoms with Crippen molar-refractivity contribution in [1.29, 1.82) is 0 Å². The number of hydrogen-bond acceptors (Lipinski definition) is 6. The highest BCUT2D eigenvalue weighted by Gasteiger charge is 2.73. The van der Waals surface area contributed by atoms with Crippen LogP contribution in [0.1, 0.15) is 146 Å². The second-order valence-electron chi connectivity index (χ2n) is 20.9. The van der Waals surface area contributed by atoms with Gasteiger partial charge in [0.15, 0.2) is 0 Å². The highest BCUT2D eigenvalue weighted by atomic mass is 16.6. The Morgan fingerprint density at radius 1 is 0.760 bits per heavy atom. The first-order valence-electron chi connectivity index (χ1n) is 20.7. The molecular weight excluding hydrogens is 624 g/mol. The molecule has 7 fully saturated rings. The van der Waals surface area contributed by atoms with Crippen LogP contribution >= 0.6 is 0 Å². The summed E-state index contributed by atoms with van der Waals surface area (Å²) in [5.41, 5.74) is -0.0791. The largest absolute Gasteiger partial charge is 0.462 e. The van der Waals surface area contributed by atoms with Crippen LogP contribution in [0.15, 0.2) is 0 Å². The van der Waals surface area contributed by atoms with Crippen LogP contribution in [0, 0.1) is 62.1 Å². The average Bonchev–Trinajstić information content (AvgIpc) is 3.67. The molecule has 0 aromatic carbocycles. The second kappa shape index (κ2) is 12.2. The van der Waals surface area contributed by atoms with Crippen LogP contribution in [0.3, 0.4) is 0 Å². The number of carbonyl (C=O) groups excluding carboxylic acids is 3. The smallest absolute Gasteiger partial charge is 0.310 e. The zero-order valence-corrected chi connectivity index (χ0v) is 33.2. The molecule has 1 heterocycles. The van der Waals surface area contributed by atoms with E-state index < -0.39 is 5.60 Å². The van der Waals surface area contributed by atoms with Gasteiger partial charge in [-0.15, -0.1) is 0 Å². The number of carbonyl (C=O) groups is 3. The van der Waals surface area contributed by atoms with Gasteiger partial charge in [-0.3, -0.25) is 14.4 Å². The SMILES string of the molecule is CCN1CCN(C(=O)[C@]23CC[C@@H](C4(C)CC4)[C@@H]2[C@H]2CC[C@@H]4[C@@]5(C)CC[C@H](OC(=O)CC(C)(C)OC=O)C(C)(C)[C@@H]5CC[C@@]4(C)[C@]2(C)CC3)CC1. The van der Waals surface area contributed by atoms with Crippen LogP contribution in [-0.4, -0.2) is 72.6 Å². The molecule has 0 unspecified atom stereocenters. The summed E-state index contributed by atoms with van der Waals surface area (Å²) in [4.78, 5) is 43.9. The van der Waals surface area contributed by atoms with Crippen molar-refractivity contribution in [3.8, 4) is 0 Å². The normalized spacial score (nSPS) is 44.9. The Bertz CT molecular complexity index is 1350. The summed E-state index contributed by atoms with van der Waals surface area (Å²) in [6, 6.07) is 0. The van der Waals surface area contributed by atoms with Gasteiger partial charge in [-0.1, -0.05) is 48.5 Å². The number of esters is 1. The maximum absolute atomic E-state index is 15.0. The quantitative estimate of drug-likeness (QED) is 0.188. The van der Waals surface area contributed by atoms with Crippen LogP contribution in [0.25, 0.3) is 0 Å².